The lowest BCUT2D eigenvalue weighted by Crippen LogP contribution is -2.27. The number of hydrogen-bond acceptors (Lipinski definition) is 6. The fourth-order valence-corrected chi connectivity index (χ4v) is 0.592. The topological polar surface area (TPSA) is 110 Å². The Morgan fingerprint density at radius 3 is 1.87 bits per heavy atom. The van der Waals surface area contributed by atoms with Crippen LogP contribution in [0.3, 0.4) is 0 Å². The molecule has 0 unspecified atom stereocenters. The highest BCUT2D eigenvalue weighted by Crippen LogP contribution is 1.90. The molecule has 0 radical (unpaired) electrons. The molecule has 0 spiro atoms. The highest BCUT2D eigenvalue weighted by molar-refractivity contribution is 5.82. The third-order valence-electron chi connectivity index (χ3n) is 1.25. The van der Waals surface area contributed by atoms with E-state index in [0.717, 1.165) is 0 Å². The van der Waals surface area contributed by atoms with Crippen molar-refractivity contribution in [2.24, 2.45) is 0 Å². The van der Waals surface area contributed by atoms with E-state index < -0.39 is 17.9 Å². The van der Waals surface area contributed by atoms with Crippen molar-refractivity contribution in [2.45, 2.75) is 12.8 Å². The summed E-state index contributed by atoms with van der Waals surface area (Å²) >= 11 is 0. The number of aliphatic hydroxyl groups excluding tert-OH is 1. The molecular weight excluding hydrogens is 208 g/mol. The molecule has 1 rings (SSSR count). The average molecular weight is 220 g/mol. The maximum Gasteiger partial charge on any atom is 0.344 e. The van der Waals surface area contributed by atoms with E-state index in [1.807, 2.05) is 0 Å². The number of hydrogen-bond donors (Lipinski definition) is 2. The molecular formula is C8H12O7. The number of carbonyl (C=O) groups is 3. The number of cyclic esters (lactones) is 2. The van der Waals surface area contributed by atoms with Crippen molar-refractivity contribution >= 4 is 17.9 Å². The van der Waals surface area contributed by atoms with Crippen molar-refractivity contribution in [3.05, 3.63) is 0 Å². The molecule has 86 valence electrons. The third kappa shape index (κ3) is 8.69. The minimum absolute atomic E-state index is 0.0354. The van der Waals surface area contributed by atoms with Gasteiger partial charge in [-0.1, -0.05) is 0 Å². The lowest BCUT2D eigenvalue weighted by Gasteiger charge is -2.09. The molecule has 0 amide bonds. The number of carboxylic acids is 1. The van der Waals surface area contributed by atoms with E-state index in [1.54, 1.807) is 0 Å². The summed E-state index contributed by atoms with van der Waals surface area (Å²) in [6, 6.07) is 0. The lowest BCUT2D eigenvalue weighted by molar-refractivity contribution is -0.174. The Morgan fingerprint density at radius 1 is 1.20 bits per heavy atom. The highest BCUT2D eigenvalue weighted by atomic mass is 16.6. The van der Waals surface area contributed by atoms with E-state index in [1.165, 1.54) is 0 Å². The summed E-state index contributed by atoms with van der Waals surface area (Å²) in [6.45, 7) is -0.510. The van der Waals surface area contributed by atoms with Gasteiger partial charge in [0, 0.05) is 13.0 Å². The van der Waals surface area contributed by atoms with Crippen LogP contribution >= 0.6 is 0 Å². The molecule has 0 aromatic rings. The molecule has 1 aliphatic rings. The highest BCUT2D eigenvalue weighted by Gasteiger charge is 2.16. The Labute approximate surface area is 85.6 Å². The van der Waals surface area contributed by atoms with Gasteiger partial charge in [0.25, 0.3) is 0 Å². The SMILES string of the molecule is O=C(O)CCCO.O=C1COC(=O)CO1. The second-order valence-electron chi connectivity index (χ2n) is 2.54. The summed E-state index contributed by atoms with van der Waals surface area (Å²) in [7, 11) is 0. The largest absolute Gasteiger partial charge is 0.481 e. The van der Waals surface area contributed by atoms with E-state index in [2.05, 4.69) is 9.47 Å². The van der Waals surface area contributed by atoms with Crippen LogP contribution in [-0.4, -0.2) is 47.9 Å². The molecule has 1 aliphatic heterocycles. The fourth-order valence-electron chi connectivity index (χ4n) is 0.592. The summed E-state index contributed by atoms with van der Waals surface area (Å²) < 4.78 is 8.55. The Morgan fingerprint density at radius 2 is 1.67 bits per heavy atom. The van der Waals surface area contributed by atoms with Crippen molar-refractivity contribution in [1.82, 2.24) is 0 Å². The first-order valence-electron chi connectivity index (χ1n) is 4.20. The Bertz CT molecular complexity index is 207. The molecule has 0 atom stereocenters. The van der Waals surface area contributed by atoms with E-state index in [4.69, 9.17) is 10.2 Å². The van der Waals surface area contributed by atoms with Gasteiger partial charge < -0.3 is 19.7 Å². The predicted octanol–water partition coefficient (Wildman–Crippen LogP) is -1.07. The Kier molecular flexibility index (Phi) is 6.90. The molecule has 1 heterocycles. The number of carbonyl (C=O) groups excluding carboxylic acids is 2. The molecule has 1 saturated heterocycles. The monoisotopic (exact) mass is 220 g/mol. The summed E-state index contributed by atoms with van der Waals surface area (Å²) in [6.07, 6.45) is 0.422. The maximum absolute atomic E-state index is 10.1. The van der Waals surface area contributed by atoms with Gasteiger partial charge in [-0.15, -0.1) is 0 Å². The lowest BCUT2D eigenvalue weighted by atomic mass is 10.3. The molecule has 7 heteroatoms. The van der Waals surface area contributed by atoms with Crippen LogP contribution in [0, 0.1) is 0 Å². The molecule has 15 heavy (non-hydrogen) atoms. The van der Waals surface area contributed by atoms with Gasteiger partial charge in [-0.25, -0.2) is 9.59 Å². The number of carboxylic acid groups (broad SMARTS) is 1. The number of ether oxygens (including phenoxy) is 2. The van der Waals surface area contributed by atoms with Crippen molar-refractivity contribution in [2.75, 3.05) is 19.8 Å². The second kappa shape index (κ2) is 7.74. The number of esters is 2. The van der Waals surface area contributed by atoms with E-state index >= 15 is 0 Å². The van der Waals surface area contributed by atoms with Gasteiger partial charge in [-0.2, -0.15) is 0 Å². The van der Waals surface area contributed by atoms with Crippen molar-refractivity contribution in [3.8, 4) is 0 Å². The molecule has 0 aromatic heterocycles. The van der Waals surface area contributed by atoms with Crippen LogP contribution in [0.2, 0.25) is 0 Å². The van der Waals surface area contributed by atoms with Gasteiger partial charge in [0.15, 0.2) is 13.2 Å². The summed E-state index contributed by atoms with van der Waals surface area (Å²) in [4.78, 5) is 29.9. The standard InChI is InChI=1S/C4H4O4.C4H8O3/c5-3-1-7-4(6)2-8-3;5-3-1-2-4(6)7/h1-2H2;5H,1-3H2,(H,6,7). The van der Waals surface area contributed by atoms with Crippen molar-refractivity contribution < 1.29 is 34.1 Å². The minimum Gasteiger partial charge on any atom is -0.481 e. The molecule has 1 fully saturated rings. The Balaban J connectivity index is 0.000000265. The first-order chi connectivity index (χ1) is 7.06. The van der Waals surface area contributed by atoms with E-state index in [-0.39, 0.29) is 26.2 Å². The molecule has 7 nitrogen and oxygen atoms in total. The summed E-state index contributed by atoms with van der Waals surface area (Å²) in [5.41, 5.74) is 0. The molecule has 0 aliphatic carbocycles. The van der Waals surface area contributed by atoms with Crippen LogP contribution in [0.4, 0.5) is 0 Å². The van der Waals surface area contributed by atoms with Gasteiger partial charge in [0.05, 0.1) is 0 Å². The smallest absolute Gasteiger partial charge is 0.344 e. The molecule has 0 saturated carbocycles. The normalized spacial score (nSPS) is 14.5. The summed E-state index contributed by atoms with van der Waals surface area (Å²) in [5, 5.41) is 16.0. The number of aliphatic carboxylic acids is 1. The molecule has 0 bridgehead atoms. The van der Waals surface area contributed by atoms with Crippen LogP contribution in [0.25, 0.3) is 0 Å². The second-order valence-corrected chi connectivity index (χ2v) is 2.54. The van der Waals surface area contributed by atoms with Crippen molar-refractivity contribution in [1.29, 1.82) is 0 Å². The average Bonchev–Trinajstić information content (AvgIpc) is 2.20. The number of aliphatic hydroxyl groups is 1. The number of rotatable bonds is 3. The van der Waals surface area contributed by atoms with Crippen LogP contribution in [-0.2, 0) is 23.9 Å². The van der Waals surface area contributed by atoms with E-state index in [0.29, 0.717) is 6.42 Å². The van der Waals surface area contributed by atoms with Crippen LogP contribution in [0.15, 0.2) is 0 Å². The summed E-state index contributed by atoms with van der Waals surface area (Å²) in [5.74, 6) is -1.82. The predicted molar refractivity (Wildman–Crippen MR) is 45.9 cm³/mol. The first-order valence-corrected chi connectivity index (χ1v) is 4.20. The fraction of sp³-hybridized carbons (Fsp3) is 0.625. The Hall–Kier alpha value is -1.63. The van der Waals surface area contributed by atoms with Gasteiger partial charge in [-0.3, -0.25) is 4.79 Å². The van der Waals surface area contributed by atoms with Crippen LogP contribution in [0.1, 0.15) is 12.8 Å². The zero-order chi connectivity index (χ0) is 11.7. The molecule has 0 aromatic carbocycles. The van der Waals surface area contributed by atoms with Crippen molar-refractivity contribution in [3.63, 3.8) is 0 Å². The quantitative estimate of drug-likeness (QED) is 0.582. The zero-order valence-electron chi connectivity index (χ0n) is 7.97. The van der Waals surface area contributed by atoms with Crippen LogP contribution in [0.5, 0.6) is 0 Å². The molecule has 2 N–H and O–H groups in total. The van der Waals surface area contributed by atoms with Crippen LogP contribution < -0.4 is 0 Å². The van der Waals surface area contributed by atoms with Gasteiger partial charge in [-0.05, 0) is 6.42 Å². The zero-order valence-corrected chi connectivity index (χ0v) is 7.97. The maximum atomic E-state index is 10.1. The minimum atomic E-state index is -0.853. The first kappa shape index (κ1) is 13.4. The van der Waals surface area contributed by atoms with E-state index in [9.17, 15) is 14.4 Å². The van der Waals surface area contributed by atoms with Gasteiger partial charge in [0.1, 0.15) is 0 Å². The van der Waals surface area contributed by atoms with Gasteiger partial charge in [0.2, 0.25) is 0 Å². The van der Waals surface area contributed by atoms with Gasteiger partial charge >= 0.3 is 17.9 Å². The third-order valence-corrected chi connectivity index (χ3v) is 1.25.